The number of piperazine rings is 1. The van der Waals surface area contributed by atoms with Gasteiger partial charge in [-0.15, -0.1) is 12.4 Å². The van der Waals surface area contributed by atoms with Crippen molar-refractivity contribution in [3.8, 4) is 0 Å². The largest absolute Gasteiger partial charge is 0.364 e. The third kappa shape index (κ3) is 3.08. The zero-order chi connectivity index (χ0) is 12.4. The number of rotatable bonds is 2. The molecule has 2 fully saturated rings. The Kier molecular flexibility index (Phi) is 4.79. The summed E-state index contributed by atoms with van der Waals surface area (Å²) in [6, 6.07) is 2.27. The molecule has 1 unspecified atom stereocenters. The van der Waals surface area contributed by atoms with Gasteiger partial charge in [-0.25, -0.2) is 0 Å². The number of nitrogens with zero attached hydrogens (tertiary/aromatic N) is 3. The van der Waals surface area contributed by atoms with Crippen molar-refractivity contribution in [3.05, 3.63) is 18.0 Å². The Hall–Kier alpha value is -1.11. The number of aromatic nitrogens is 1. The van der Waals surface area contributed by atoms with Crippen LogP contribution in [0, 0.1) is 0 Å². The van der Waals surface area contributed by atoms with E-state index in [0.717, 1.165) is 39.3 Å². The second kappa shape index (κ2) is 6.36. The quantitative estimate of drug-likeness (QED) is 0.842. The van der Waals surface area contributed by atoms with Gasteiger partial charge < -0.3 is 14.7 Å². The molecule has 1 N–H and O–H groups in total. The third-order valence-electron chi connectivity index (χ3n) is 3.81. The Balaban J connectivity index is 0.00000133. The average Bonchev–Trinajstić information content (AvgIpc) is 3.11. The highest BCUT2D eigenvalue weighted by Crippen LogP contribution is 2.13. The summed E-state index contributed by atoms with van der Waals surface area (Å²) in [4.78, 5) is 16.4. The SMILES string of the molecule is Cl.O=C(c1ccon1)N1CCN(C2CCNC2)CC1. The lowest BCUT2D eigenvalue weighted by Gasteiger charge is -2.37. The van der Waals surface area contributed by atoms with Crippen LogP contribution in [0.15, 0.2) is 16.9 Å². The van der Waals surface area contributed by atoms with Crippen LogP contribution in [0.3, 0.4) is 0 Å². The maximum Gasteiger partial charge on any atom is 0.276 e. The molecule has 0 bridgehead atoms. The van der Waals surface area contributed by atoms with Gasteiger partial charge in [0.2, 0.25) is 0 Å². The monoisotopic (exact) mass is 286 g/mol. The van der Waals surface area contributed by atoms with Gasteiger partial charge in [-0.05, 0) is 13.0 Å². The first-order chi connectivity index (χ1) is 8.84. The van der Waals surface area contributed by atoms with Crippen LogP contribution in [-0.4, -0.2) is 66.2 Å². The second-order valence-corrected chi connectivity index (χ2v) is 4.86. The van der Waals surface area contributed by atoms with Gasteiger partial charge in [0.15, 0.2) is 5.69 Å². The summed E-state index contributed by atoms with van der Waals surface area (Å²) in [5, 5.41) is 7.08. The maximum atomic E-state index is 12.1. The van der Waals surface area contributed by atoms with Crippen molar-refractivity contribution >= 4 is 18.3 Å². The average molecular weight is 287 g/mol. The molecule has 19 heavy (non-hydrogen) atoms. The second-order valence-electron chi connectivity index (χ2n) is 4.86. The Morgan fingerprint density at radius 3 is 2.74 bits per heavy atom. The molecule has 2 aliphatic heterocycles. The normalized spacial score (nSPS) is 24.2. The first kappa shape index (κ1) is 14.3. The molecule has 0 radical (unpaired) electrons. The van der Waals surface area contributed by atoms with Crippen molar-refractivity contribution in [2.45, 2.75) is 12.5 Å². The topological polar surface area (TPSA) is 61.6 Å². The van der Waals surface area contributed by atoms with Gasteiger partial charge in [-0.2, -0.15) is 0 Å². The minimum Gasteiger partial charge on any atom is -0.364 e. The fourth-order valence-electron chi connectivity index (χ4n) is 2.73. The predicted octanol–water partition coefficient (Wildman–Crippen LogP) is 0.216. The van der Waals surface area contributed by atoms with E-state index in [1.807, 2.05) is 4.90 Å². The van der Waals surface area contributed by atoms with Gasteiger partial charge in [0.05, 0.1) is 0 Å². The van der Waals surface area contributed by atoms with Crippen LogP contribution in [-0.2, 0) is 0 Å². The first-order valence-electron chi connectivity index (χ1n) is 6.49. The smallest absolute Gasteiger partial charge is 0.276 e. The summed E-state index contributed by atoms with van der Waals surface area (Å²) in [5.41, 5.74) is 0.408. The van der Waals surface area contributed by atoms with Crippen molar-refractivity contribution in [1.82, 2.24) is 20.3 Å². The van der Waals surface area contributed by atoms with Crippen LogP contribution in [0.1, 0.15) is 16.9 Å². The number of hydrogen-bond acceptors (Lipinski definition) is 5. The zero-order valence-electron chi connectivity index (χ0n) is 10.7. The predicted molar refractivity (Wildman–Crippen MR) is 72.5 cm³/mol. The van der Waals surface area contributed by atoms with Gasteiger partial charge in [0.1, 0.15) is 6.26 Å². The zero-order valence-corrected chi connectivity index (χ0v) is 11.6. The minimum absolute atomic E-state index is 0. The molecule has 0 spiro atoms. The number of amides is 1. The summed E-state index contributed by atoms with van der Waals surface area (Å²) in [5.74, 6) is -0.0204. The molecular weight excluding hydrogens is 268 g/mol. The number of halogens is 1. The van der Waals surface area contributed by atoms with Crippen LogP contribution in [0.25, 0.3) is 0 Å². The van der Waals surface area contributed by atoms with E-state index in [9.17, 15) is 4.79 Å². The molecule has 1 aromatic heterocycles. The van der Waals surface area contributed by atoms with E-state index in [1.54, 1.807) is 6.07 Å². The van der Waals surface area contributed by atoms with Crippen LogP contribution in [0.2, 0.25) is 0 Å². The summed E-state index contributed by atoms with van der Waals surface area (Å²) in [7, 11) is 0. The van der Waals surface area contributed by atoms with E-state index >= 15 is 0 Å². The maximum absolute atomic E-state index is 12.1. The molecule has 1 atom stereocenters. The third-order valence-corrected chi connectivity index (χ3v) is 3.81. The molecule has 2 aliphatic rings. The van der Waals surface area contributed by atoms with Crippen LogP contribution in [0.4, 0.5) is 0 Å². The minimum atomic E-state index is -0.0204. The molecule has 3 heterocycles. The molecule has 1 aromatic rings. The van der Waals surface area contributed by atoms with Gasteiger partial charge in [0, 0.05) is 44.8 Å². The fourth-order valence-corrected chi connectivity index (χ4v) is 2.73. The Morgan fingerprint density at radius 2 is 2.16 bits per heavy atom. The standard InChI is InChI=1S/C12H18N4O2.ClH/c17-12(11-2-8-18-14-11)16-6-4-15(5-7-16)10-1-3-13-9-10;/h2,8,10,13H,1,3-7,9H2;1H. The summed E-state index contributed by atoms with van der Waals surface area (Å²) >= 11 is 0. The molecular formula is C12H19ClN4O2. The van der Waals surface area contributed by atoms with E-state index in [-0.39, 0.29) is 18.3 Å². The fraction of sp³-hybridized carbons (Fsp3) is 0.667. The Morgan fingerprint density at radius 1 is 1.37 bits per heavy atom. The Bertz CT molecular complexity index is 398. The lowest BCUT2D eigenvalue weighted by atomic mass is 10.2. The summed E-state index contributed by atoms with van der Waals surface area (Å²) < 4.78 is 4.71. The van der Waals surface area contributed by atoms with Gasteiger partial charge in [-0.3, -0.25) is 9.69 Å². The molecule has 3 rings (SSSR count). The highest BCUT2D eigenvalue weighted by Gasteiger charge is 2.28. The molecule has 6 nitrogen and oxygen atoms in total. The van der Waals surface area contributed by atoms with Crippen molar-refractivity contribution in [1.29, 1.82) is 0 Å². The van der Waals surface area contributed by atoms with Crippen LogP contribution >= 0.6 is 12.4 Å². The van der Waals surface area contributed by atoms with E-state index in [1.165, 1.54) is 12.7 Å². The number of carbonyl (C=O) groups excluding carboxylic acids is 1. The van der Waals surface area contributed by atoms with Crippen LogP contribution in [0.5, 0.6) is 0 Å². The van der Waals surface area contributed by atoms with Crippen molar-refractivity contribution < 1.29 is 9.32 Å². The van der Waals surface area contributed by atoms with E-state index < -0.39 is 0 Å². The number of carbonyl (C=O) groups is 1. The lowest BCUT2D eigenvalue weighted by molar-refractivity contribution is 0.0574. The number of nitrogens with one attached hydrogen (secondary N) is 1. The summed E-state index contributed by atoms with van der Waals surface area (Å²) in [6.07, 6.45) is 2.66. The number of hydrogen-bond donors (Lipinski definition) is 1. The Labute approximate surface area is 118 Å². The first-order valence-corrected chi connectivity index (χ1v) is 6.49. The summed E-state index contributed by atoms with van der Waals surface area (Å²) in [6.45, 7) is 5.66. The van der Waals surface area contributed by atoms with Crippen LogP contribution < -0.4 is 5.32 Å². The van der Waals surface area contributed by atoms with Gasteiger partial charge in [0.25, 0.3) is 5.91 Å². The van der Waals surface area contributed by atoms with Crippen molar-refractivity contribution in [2.24, 2.45) is 0 Å². The van der Waals surface area contributed by atoms with Gasteiger partial charge >= 0.3 is 0 Å². The molecule has 0 aromatic carbocycles. The molecule has 1 amide bonds. The van der Waals surface area contributed by atoms with E-state index in [4.69, 9.17) is 4.52 Å². The van der Waals surface area contributed by atoms with Crippen molar-refractivity contribution in [2.75, 3.05) is 39.3 Å². The van der Waals surface area contributed by atoms with Gasteiger partial charge in [-0.1, -0.05) is 5.16 Å². The molecule has 106 valence electrons. The highest BCUT2D eigenvalue weighted by molar-refractivity contribution is 5.92. The molecule has 0 saturated carbocycles. The molecule has 2 saturated heterocycles. The van der Waals surface area contributed by atoms with Crippen molar-refractivity contribution in [3.63, 3.8) is 0 Å². The van der Waals surface area contributed by atoms with E-state index in [2.05, 4.69) is 15.4 Å². The van der Waals surface area contributed by atoms with E-state index in [0.29, 0.717) is 11.7 Å². The molecule has 7 heteroatoms. The highest BCUT2D eigenvalue weighted by atomic mass is 35.5. The molecule has 0 aliphatic carbocycles. The lowest BCUT2D eigenvalue weighted by Crippen LogP contribution is -2.52.